The molecule has 110 valence electrons. The van der Waals surface area contributed by atoms with Crippen LogP contribution in [0.1, 0.15) is 43.1 Å². The Bertz CT molecular complexity index is 464. The number of benzene rings is 1. The maximum atomic E-state index is 10.8. The van der Waals surface area contributed by atoms with E-state index in [9.17, 15) is 4.79 Å². The Labute approximate surface area is 125 Å². The Hall–Kier alpha value is -1.00. The lowest BCUT2D eigenvalue weighted by Gasteiger charge is -2.26. The first-order valence-corrected chi connectivity index (χ1v) is 8.08. The van der Waals surface area contributed by atoms with Crippen molar-refractivity contribution in [2.45, 2.75) is 45.0 Å². The molecule has 0 amide bonds. The fraction of sp³-hybridized carbons (Fsp3) is 0.562. The summed E-state index contributed by atoms with van der Waals surface area (Å²) in [4.78, 5) is 10.8. The van der Waals surface area contributed by atoms with Crippen molar-refractivity contribution in [1.82, 2.24) is 5.32 Å². The van der Waals surface area contributed by atoms with Gasteiger partial charge in [0.05, 0.1) is 5.56 Å². The Balaban J connectivity index is 1.83. The first-order chi connectivity index (χ1) is 9.36. The predicted octanol–water partition coefficient (Wildman–Crippen LogP) is 3.39. The molecule has 0 bridgehead atoms. The molecule has 2 rings (SSSR count). The van der Waals surface area contributed by atoms with E-state index in [4.69, 9.17) is 5.11 Å². The van der Waals surface area contributed by atoms with Crippen molar-refractivity contribution in [1.29, 1.82) is 0 Å². The number of carbonyl (C=O) groups is 1. The summed E-state index contributed by atoms with van der Waals surface area (Å²) in [6, 6.07) is 7.67. The van der Waals surface area contributed by atoms with Crippen molar-refractivity contribution in [2.75, 3.05) is 5.75 Å². The molecule has 2 unspecified atom stereocenters. The van der Waals surface area contributed by atoms with Gasteiger partial charge in [0.25, 0.3) is 0 Å². The minimum Gasteiger partial charge on any atom is -0.478 e. The summed E-state index contributed by atoms with van der Waals surface area (Å²) >= 11 is 2.06. The maximum Gasteiger partial charge on any atom is 0.335 e. The van der Waals surface area contributed by atoms with Gasteiger partial charge in [-0.3, -0.25) is 0 Å². The van der Waals surface area contributed by atoms with E-state index in [1.165, 1.54) is 6.42 Å². The van der Waals surface area contributed by atoms with E-state index in [1.54, 1.807) is 12.1 Å². The lowest BCUT2D eigenvalue weighted by Crippen LogP contribution is -2.30. The van der Waals surface area contributed by atoms with Gasteiger partial charge in [0.2, 0.25) is 0 Å². The Morgan fingerprint density at radius 3 is 2.50 bits per heavy atom. The van der Waals surface area contributed by atoms with Gasteiger partial charge in [0.15, 0.2) is 0 Å². The van der Waals surface area contributed by atoms with Crippen molar-refractivity contribution >= 4 is 17.7 Å². The molecule has 2 atom stereocenters. The topological polar surface area (TPSA) is 49.3 Å². The summed E-state index contributed by atoms with van der Waals surface area (Å²) in [5.74, 6) is 0.291. The van der Waals surface area contributed by atoms with Crippen LogP contribution in [0.5, 0.6) is 0 Å². The van der Waals surface area contributed by atoms with E-state index < -0.39 is 5.97 Å². The number of aromatic carboxylic acids is 1. The molecule has 2 N–H and O–H groups in total. The van der Waals surface area contributed by atoms with Gasteiger partial charge in [-0.25, -0.2) is 4.79 Å². The minimum absolute atomic E-state index is 0.345. The zero-order chi connectivity index (χ0) is 14.8. The van der Waals surface area contributed by atoms with E-state index in [1.807, 2.05) is 12.1 Å². The number of hydrogen-bond donors (Lipinski definition) is 2. The van der Waals surface area contributed by atoms with Crippen LogP contribution in [0, 0.1) is 5.41 Å². The fourth-order valence-electron chi connectivity index (χ4n) is 2.40. The summed E-state index contributed by atoms with van der Waals surface area (Å²) in [5, 5.41) is 13.2. The molecule has 1 aliphatic rings. The fourth-order valence-corrected chi connectivity index (χ4v) is 3.99. The van der Waals surface area contributed by atoms with Crippen LogP contribution in [0.15, 0.2) is 24.3 Å². The normalized spacial score (nSPS) is 22.9. The average molecular weight is 293 g/mol. The van der Waals surface area contributed by atoms with Crippen molar-refractivity contribution in [3.8, 4) is 0 Å². The Morgan fingerprint density at radius 2 is 2.00 bits per heavy atom. The largest absolute Gasteiger partial charge is 0.478 e. The molecule has 1 aromatic carbocycles. The molecule has 1 heterocycles. The molecule has 1 fully saturated rings. The first kappa shape index (κ1) is 15.4. The number of nitrogens with one attached hydrogen (secondary N) is 1. The van der Waals surface area contributed by atoms with E-state index in [-0.39, 0.29) is 0 Å². The molecule has 0 aliphatic carbocycles. The highest BCUT2D eigenvalue weighted by Crippen LogP contribution is 2.39. The van der Waals surface area contributed by atoms with Crippen LogP contribution < -0.4 is 5.32 Å². The zero-order valence-corrected chi connectivity index (χ0v) is 13.2. The predicted molar refractivity (Wildman–Crippen MR) is 84.3 cm³/mol. The molecule has 0 saturated carbocycles. The van der Waals surface area contributed by atoms with E-state index >= 15 is 0 Å². The first-order valence-electron chi connectivity index (χ1n) is 7.03. The van der Waals surface area contributed by atoms with Gasteiger partial charge in [-0.2, -0.15) is 11.8 Å². The number of rotatable bonds is 4. The number of carboxylic acid groups (broad SMARTS) is 1. The van der Waals surface area contributed by atoms with E-state index in [0.717, 1.165) is 23.1 Å². The molecule has 1 saturated heterocycles. The van der Waals surface area contributed by atoms with Crippen LogP contribution in [-0.2, 0) is 6.54 Å². The molecular formula is C16H23NO2S. The Morgan fingerprint density at radius 1 is 1.35 bits per heavy atom. The quantitative estimate of drug-likeness (QED) is 0.893. The third-order valence-corrected chi connectivity index (χ3v) is 5.66. The molecule has 4 heteroatoms. The van der Waals surface area contributed by atoms with Crippen molar-refractivity contribution in [2.24, 2.45) is 5.41 Å². The molecular weight excluding hydrogens is 270 g/mol. The van der Waals surface area contributed by atoms with Gasteiger partial charge >= 0.3 is 5.97 Å². The van der Waals surface area contributed by atoms with Crippen LogP contribution in [0.4, 0.5) is 0 Å². The lowest BCUT2D eigenvalue weighted by molar-refractivity contribution is 0.0697. The third kappa shape index (κ3) is 4.00. The summed E-state index contributed by atoms with van der Waals surface area (Å²) in [6.45, 7) is 7.72. The van der Waals surface area contributed by atoms with Crippen LogP contribution in [0.3, 0.4) is 0 Å². The van der Waals surface area contributed by atoms with Gasteiger partial charge in [0, 0.05) is 23.6 Å². The monoisotopic (exact) mass is 293 g/mol. The SMILES string of the molecule is CC(C)(C)C1CC(NCc2ccc(C(=O)O)cc2)CS1. The van der Waals surface area contributed by atoms with Gasteiger partial charge in [-0.1, -0.05) is 32.9 Å². The van der Waals surface area contributed by atoms with E-state index in [2.05, 4.69) is 37.8 Å². The highest BCUT2D eigenvalue weighted by Gasteiger charge is 2.33. The molecule has 0 spiro atoms. The number of thioether (sulfide) groups is 1. The smallest absolute Gasteiger partial charge is 0.335 e. The Kier molecular flexibility index (Phi) is 4.76. The van der Waals surface area contributed by atoms with Gasteiger partial charge in [-0.15, -0.1) is 0 Å². The lowest BCUT2D eigenvalue weighted by atomic mass is 9.88. The number of carboxylic acids is 1. The zero-order valence-electron chi connectivity index (χ0n) is 12.3. The summed E-state index contributed by atoms with van der Waals surface area (Å²) in [7, 11) is 0. The second-order valence-electron chi connectivity index (χ2n) is 6.50. The summed E-state index contributed by atoms with van der Waals surface area (Å²) in [5.41, 5.74) is 1.85. The summed E-state index contributed by atoms with van der Waals surface area (Å²) in [6.07, 6.45) is 1.21. The molecule has 20 heavy (non-hydrogen) atoms. The second kappa shape index (κ2) is 6.19. The average Bonchev–Trinajstić information content (AvgIpc) is 2.85. The van der Waals surface area contributed by atoms with Crippen LogP contribution in [0.2, 0.25) is 0 Å². The van der Waals surface area contributed by atoms with Gasteiger partial charge in [-0.05, 0) is 29.5 Å². The molecule has 3 nitrogen and oxygen atoms in total. The number of hydrogen-bond acceptors (Lipinski definition) is 3. The van der Waals surface area contributed by atoms with Crippen LogP contribution in [-0.4, -0.2) is 28.1 Å². The molecule has 0 aromatic heterocycles. The standard InChI is InChI=1S/C16H23NO2S/c1-16(2,3)14-8-13(10-20-14)17-9-11-4-6-12(7-5-11)15(18)19/h4-7,13-14,17H,8-10H2,1-3H3,(H,18,19). The second-order valence-corrected chi connectivity index (χ2v) is 7.74. The summed E-state index contributed by atoms with van der Waals surface area (Å²) < 4.78 is 0. The van der Waals surface area contributed by atoms with Gasteiger partial charge in [0.1, 0.15) is 0 Å². The highest BCUT2D eigenvalue weighted by atomic mass is 32.2. The van der Waals surface area contributed by atoms with Crippen molar-refractivity contribution < 1.29 is 9.90 Å². The van der Waals surface area contributed by atoms with Crippen LogP contribution >= 0.6 is 11.8 Å². The minimum atomic E-state index is -0.871. The van der Waals surface area contributed by atoms with E-state index in [0.29, 0.717) is 17.0 Å². The van der Waals surface area contributed by atoms with Gasteiger partial charge < -0.3 is 10.4 Å². The molecule has 1 aromatic rings. The molecule has 1 aliphatic heterocycles. The maximum absolute atomic E-state index is 10.8. The van der Waals surface area contributed by atoms with Crippen LogP contribution in [0.25, 0.3) is 0 Å². The third-order valence-electron chi connectivity index (χ3n) is 3.76. The molecule has 0 radical (unpaired) electrons. The van der Waals surface area contributed by atoms with Crippen molar-refractivity contribution in [3.63, 3.8) is 0 Å². The van der Waals surface area contributed by atoms with Crippen molar-refractivity contribution in [3.05, 3.63) is 35.4 Å². The highest BCUT2D eigenvalue weighted by molar-refractivity contribution is 8.00.